The number of benzene rings is 9. The van der Waals surface area contributed by atoms with Gasteiger partial charge in [-0.15, -0.1) is 0 Å². The molecule has 0 spiro atoms. The van der Waals surface area contributed by atoms with Gasteiger partial charge in [0.05, 0.1) is 11.0 Å². The van der Waals surface area contributed by atoms with E-state index in [1.54, 1.807) is 0 Å². The van der Waals surface area contributed by atoms with Crippen LogP contribution in [0.5, 0.6) is 0 Å². The summed E-state index contributed by atoms with van der Waals surface area (Å²) in [4.78, 5) is 0. The molecule has 9 aromatic carbocycles. The van der Waals surface area contributed by atoms with Gasteiger partial charge >= 0.3 is 0 Å². The number of hydrogen-bond donors (Lipinski definition) is 1. The third-order valence-electron chi connectivity index (χ3n) is 13.2. The predicted octanol–water partition coefficient (Wildman–Crippen LogP) is 17.8. The summed E-state index contributed by atoms with van der Waals surface area (Å²) in [7, 11) is 0. The Bertz CT molecular complexity index is 3400. The molecule has 0 saturated carbocycles. The molecule has 324 valence electrons. The number of hydrogen-bond acceptors (Lipinski definition) is 1. The van der Waals surface area contributed by atoms with E-state index in [1.807, 2.05) is 12.1 Å². The molecule has 2 heteroatoms. The van der Waals surface area contributed by atoms with Gasteiger partial charge in [-0.25, -0.2) is 0 Å². The van der Waals surface area contributed by atoms with Crippen LogP contribution in [0, 0.1) is 0 Å². The average molecular weight is 863 g/mol. The van der Waals surface area contributed by atoms with Crippen LogP contribution in [0.2, 0.25) is 0 Å². The van der Waals surface area contributed by atoms with Crippen molar-refractivity contribution in [3.63, 3.8) is 0 Å². The third-order valence-corrected chi connectivity index (χ3v) is 13.2. The van der Waals surface area contributed by atoms with E-state index < -0.39 is 0 Å². The predicted molar refractivity (Wildman–Crippen MR) is 288 cm³/mol. The first-order chi connectivity index (χ1) is 32.9. The number of aromatic nitrogens is 1. The van der Waals surface area contributed by atoms with Crippen molar-refractivity contribution in [1.82, 2.24) is 4.57 Å². The zero-order chi connectivity index (χ0) is 45.7. The smallest absolute Gasteiger partial charge is 0.0541 e. The van der Waals surface area contributed by atoms with Crippen LogP contribution in [0.25, 0.3) is 77.6 Å². The monoisotopic (exact) mass is 862 g/mol. The van der Waals surface area contributed by atoms with Crippen LogP contribution >= 0.6 is 0 Å². The number of fused-ring (bicyclic) bond motifs is 6. The first-order valence-electron chi connectivity index (χ1n) is 23.4. The topological polar surface area (TPSA) is 17.0 Å². The highest BCUT2D eigenvalue weighted by Crippen LogP contribution is 2.49. The number of para-hydroxylation sites is 2. The Morgan fingerprint density at radius 3 is 1.73 bits per heavy atom. The Balaban J connectivity index is 0.000000165. The molecule has 1 heterocycles. The van der Waals surface area contributed by atoms with Crippen molar-refractivity contribution in [3.8, 4) is 50.2 Å². The highest BCUT2D eigenvalue weighted by Gasteiger charge is 2.35. The molecule has 2 nitrogen and oxygen atoms in total. The molecule has 0 bridgehead atoms. The molecule has 0 atom stereocenters. The van der Waals surface area contributed by atoms with E-state index >= 15 is 0 Å². The van der Waals surface area contributed by atoms with Gasteiger partial charge in [0.1, 0.15) is 0 Å². The van der Waals surface area contributed by atoms with Crippen LogP contribution in [-0.4, -0.2) is 4.57 Å². The lowest BCUT2D eigenvalue weighted by molar-refractivity contribution is 0.660. The highest BCUT2D eigenvalue weighted by atomic mass is 15.0. The first-order valence-corrected chi connectivity index (χ1v) is 23.4. The molecule has 0 fully saturated rings. The van der Waals surface area contributed by atoms with Crippen molar-refractivity contribution in [2.45, 2.75) is 32.6 Å². The van der Waals surface area contributed by atoms with Gasteiger partial charge in [0, 0.05) is 38.8 Å². The summed E-state index contributed by atoms with van der Waals surface area (Å²) in [5.41, 5.74) is 20.8. The van der Waals surface area contributed by atoms with Gasteiger partial charge in [-0.05, 0) is 116 Å². The third kappa shape index (κ3) is 8.35. The van der Waals surface area contributed by atoms with E-state index in [2.05, 4.69) is 268 Å². The first kappa shape index (κ1) is 42.7. The fourth-order valence-electron chi connectivity index (χ4n) is 9.87. The molecule has 67 heavy (non-hydrogen) atoms. The Kier molecular flexibility index (Phi) is 11.9. The Morgan fingerprint density at radius 1 is 0.493 bits per heavy atom. The van der Waals surface area contributed by atoms with Crippen molar-refractivity contribution in [2.24, 2.45) is 0 Å². The minimum Gasteiger partial charge on any atom is -0.355 e. The second kappa shape index (κ2) is 18.7. The van der Waals surface area contributed by atoms with Crippen LogP contribution in [-0.2, 0) is 5.41 Å². The lowest BCUT2D eigenvalue weighted by Crippen LogP contribution is -2.15. The molecular formula is C65H54N2. The number of anilines is 1. The largest absolute Gasteiger partial charge is 0.355 e. The second-order valence-corrected chi connectivity index (χ2v) is 17.7. The van der Waals surface area contributed by atoms with Crippen LogP contribution in [0.4, 0.5) is 5.69 Å². The molecule has 1 aromatic heterocycles. The van der Waals surface area contributed by atoms with Crippen molar-refractivity contribution in [3.05, 3.63) is 272 Å². The maximum absolute atomic E-state index is 4.19. The molecule has 1 aliphatic carbocycles. The fourth-order valence-corrected chi connectivity index (χ4v) is 9.87. The molecule has 1 aliphatic rings. The molecule has 0 saturated heterocycles. The number of nitrogens with zero attached hydrogens (tertiary/aromatic N) is 1. The lowest BCUT2D eigenvalue weighted by Gasteiger charge is -2.22. The summed E-state index contributed by atoms with van der Waals surface area (Å²) in [6, 6.07) is 80.1. The van der Waals surface area contributed by atoms with Crippen LogP contribution in [0.1, 0.15) is 43.9 Å². The van der Waals surface area contributed by atoms with Gasteiger partial charge < -0.3 is 9.88 Å². The van der Waals surface area contributed by atoms with Gasteiger partial charge in [0.25, 0.3) is 0 Å². The minimum atomic E-state index is 0.0146. The van der Waals surface area contributed by atoms with E-state index in [-0.39, 0.29) is 5.41 Å². The highest BCUT2D eigenvalue weighted by molar-refractivity contribution is 6.09. The van der Waals surface area contributed by atoms with Gasteiger partial charge in [-0.3, -0.25) is 0 Å². The lowest BCUT2D eigenvalue weighted by atomic mass is 9.82. The summed E-state index contributed by atoms with van der Waals surface area (Å²) in [5, 5.41) is 6.33. The average Bonchev–Trinajstić information content (AvgIpc) is 3.84. The van der Waals surface area contributed by atoms with E-state index in [0.717, 1.165) is 28.9 Å². The SMILES string of the molecule is C=C/C(=C(\C=C/CC)Nc1cccc(-c2ccccc2-c2ccccc2)c1)c1cccc(-c2ccccc2)c1.CC1(C)c2ccccc2-c2ccc(-n3c4ccccc4c4ccccc43)cc21. The van der Waals surface area contributed by atoms with Crippen molar-refractivity contribution >= 4 is 33.1 Å². The zero-order valence-electron chi connectivity index (χ0n) is 38.5. The van der Waals surface area contributed by atoms with Crippen LogP contribution in [0.15, 0.2) is 255 Å². The van der Waals surface area contributed by atoms with Crippen LogP contribution < -0.4 is 5.32 Å². The molecule has 11 rings (SSSR count). The Hall–Kier alpha value is -8.20. The fraction of sp³-hybridized carbons (Fsp3) is 0.0769. The number of nitrogens with one attached hydrogen (secondary N) is 1. The molecule has 0 unspecified atom stereocenters. The summed E-state index contributed by atoms with van der Waals surface area (Å²) >= 11 is 0. The second-order valence-electron chi connectivity index (χ2n) is 17.7. The van der Waals surface area contributed by atoms with E-state index in [9.17, 15) is 0 Å². The molecule has 0 radical (unpaired) electrons. The maximum Gasteiger partial charge on any atom is 0.0541 e. The van der Waals surface area contributed by atoms with Gasteiger partial charge in [-0.2, -0.15) is 0 Å². The number of rotatable bonds is 10. The van der Waals surface area contributed by atoms with Gasteiger partial charge in [-0.1, -0.05) is 221 Å². The standard InChI is InChI=1S/C38H33N.C27H21N/c1-3-5-26-38(35(4-2)32-21-14-20-31(27-32)29-16-8-6-9-17-29)39-34-23-15-22-33(28-34)37-25-13-12-24-36(37)30-18-10-7-11-19-30;1-27(2)23-12-6-3-9-19(23)20-16-15-18(17-24(20)27)28-25-13-7-4-10-21(25)22-11-5-8-14-26(22)28/h4-28,39H,2-3H2,1H3;3-17H,1-2H3/b26-5-,38-35-;. The summed E-state index contributed by atoms with van der Waals surface area (Å²) < 4.78 is 2.41. The van der Waals surface area contributed by atoms with Gasteiger partial charge in [0.15, 0.2) is 0 Å². The summed E-state index contributed by atoms with van der Waals surface area (Å²) in [5.74, 6) is 0. The summed E-state index contributed by atoms with van der Waals surface area (Å²) in [6.45, 7) is 11.0. The molecular weight excluding hydrogens is 809 g/mol. The van der Waals surface area contributed by atoms with Gasteiger partial charge in [0.2, 0.25) is 0 Å². The Labute approximate surface area is 395 Å². The molecule has 1 N–H and O–H groups in total. The quantitative estimate of drug-likeness (QED) is 0.136. The number of allylic oxidation sites excluding steroid dienone is 4. The zero-order valence-corrected chi connectivity index (χ0v) is 38.5. The van der Waals surface area contributed by atoms with Crippen molar-refractivity contribution in [1.29, 1.82) is 0 Å². The Morgan fingerprint density at radius 2 is 1.04 bits per heavy atom. The van der Waals surface area contributed by atoms with E-state index in [1.165, 1.54) is 83.1 Å². The van der Waals surface area contributed by atoms with Crippen LogP contribution in [0.3, 0.4) is 0 Å². The maximum atomic E-state index is 4.19. The molecule has 10 aromatic rings. The normalized spacial score (nSPS) is 12.8. The van der Waals surface area contributed by atoms with Crippen molar-refractivity contribution in [2.75, 3.05) is 5.32 Å². The van der Waals surface area contributed by atoms with E-state index in [0.29, 0.717) is 0 Å². The van der Waals surface area contributed by atoms with Crippen molar-refractivity contribution < 1.29 is 0 Å². The molecule has 0 aliphatic heterocycles. The van der Waals surface area contributed by atoms with E-state index in [4.69, 9.17) is 0 Å². The minimum absolute atomic E-state index is 0.0146. The molecule has 0 amide bonds. The summed E-state index contributed by atoms with van der Waals surface area (Å²) in [6.07, 6.45) is 7.24.